The van der Waals surface area contributed by atoms with Crippen LogP contribution in [0.15, 0.2) is 140 Å². The smallest absolute Gasteiger partial charge is 0.363 e. The number of aliphatic imine (C=N–C) groups is 1. The molecule has 0 amide bonds. The van der Waals surface area contributed by atoms with Crippen LogP contribution in [-0.4, -0.2) is 20.4 Å². The minimum atomic E-state index is -3.34. The van der Waals surface area contributed by atoms with Crippen molar-refractivity contribution in [3.05, 3.63) is 143 Å². The average molecular weight is 506 g/mol. The molecule has 0 aliphatic carbocycles. The Morgan fingerprint density at radius 2 is 1.19 bits per heavy atom. The maximum atomic E-state index is 13.5. The highest BCUT2D eigenvalue weighted by Crippen LogP contribution is 2.33. The standard InChI is InChI=1S/C31H23NO4S/c1-37(34,35)26-19-17-23(18-20-26)28-21-27(22-11-5-2-6-12-22)30(31(33)36-28)32-29(24-13-7-3-8-14-24)25-15-9-4-10-16-25/h2-21H,1H3. The van der Waals surface area contributed by atoms with E-state index in [9.17, 15) is 13.2 Å². The van der Waals surface area contributed by atoms with Gasteiger partial charge in [-0.3, -0.25) is 0 Å². The first-order chi connectivity index (χ1) is 17.9. The lowest BCUT2D eigenvalue weighted by molar-refractivity contribution is 0.528. The van der Waals surface area contributed by atoms with Gasteiger partial charge in [0.2, 0.25) is 0 Å². The number of hydrogen-bond donors (Lipinski definition) is 0. The van der Waals surface area contributed by atoms with Crippen LogP contribution in [-0.2, 0) is 9.84 Å². The zero-order chi connectivity index (χ0) is 25.8. The summed E-state index contributed by atoms with van der Waals surface area (Å²) >= 11 is 0. The molecule has 0 radical (unpaired) electrons. The molecular weight excluding hydrogens is 482 g/mol. The van der Waals surface area contributed by atoms with Crippen molar-refractivity contribution in [2.75, 3.05) is 6.26 Å². The summed E-state index contributed by atoms with van der Waals surface area (Å²) in [6.07, 6.45) is 1.15. The van der Waals surface area contributed by atoms with Crippen LogP contribution in [0.25, 0.3) is 22.5 Å². The zero-order valence-electron chi connectivity index (χ0n) is 20.0. The molecule has 1 aromatic heterocycles. The first-order valence-electron chi connectivity index (χ1n) is 11.6. The van der Waals surface area contributed by atoms with Crippen LogP contribution in [0.5, 0.6) is 0 Å². The van der Waals surface area contributed by atoms with Gasteiger partial charge < -0.3 is 4.42 Å². The second-order valence-electron chi connectivity index (χ2n) is 8.52. The molecule has 5 rings (SSSR count). The Labute approximate surface area is 215 Å². The summed E-state index contributed by atoms with van der Waals surface area (Å²) in [7, 11) is -3.34. The van der Waals surface area contributed by atoms with Crippen molar-refractivity contribution in [3.63, 3.8) is 0 Å². The molecule has 0 spiro atoms. The van der Waals surface area contributed by atoms with E-state index in [0.29, 0.717) is 22.6 Å². The fraction of sp³-hybridized carbons (Fsp3) is 0.0323. The highest BCUT2D eigenvalue weighted by Gasteiger charge is 2.17. The third-order valence-corrected chi connectivity index (χ3v) is 7.02. The highest BCUT2D eigenvalue weighted by atomic mass is 32.2. The Morgan fingerprint density at radius 1 is 0.676 bits per heavy atom. The van der Waals surface area contributed by atoms with Crippen LogP contribution in [0.3, 0.4) is 0 Å². The normalized spacial score (nSPS) is 11.2. The van der Waals surface area contributed by atoms with E-state index >= 15 is 0 Å². The van der Waals surface area contributed by atoms with Crippen LogP contribution in [0.2, 0.25) is 0 Å². The summed E-state index contributed by atoms with van der Waals surface area (Å²) in [5, 5.41) is 0. The summed E-state index contributed by atoms with van der Waals surface area (Å²) in [5.74, 6) is 0.323. The molecule has 182 valence electrons. The summed E-state index contributed by atoms with van der Waals surface area (Å²) < 4.78 is 29.5. The Balaban J connectivity index is 1.73. The van der Waals surface area contributed by atoms with Gasteiger partial charge in [-0.15, -0.1) is 0 Å². The van der Waals surface area contributed by atoms with E-state index in [2.05, 4.69) is 0 Å². The third-order valence-electron chi connectivity index (χ3n) is 5.90. The Hall–Kier alpha value is -4.55. The zero-order valence-corrected chi connectivity index (χ0v) is 20.9. The van der Waals surface area contributed by atoms with Crippen LogP contribution >= 0.6 is 0 Å². The van der Waals surface area contributed by atoms with E-state index in [1.165, 1.54) is 12.1 Å². The van der Waals surface area contributed by atoms with Gasteiger partial charge in [0, 0.05) is 28.5 Å². The van der Waals surface area contributed by atoms with Crippen LogP contribution in [0.1, 0.15) is 11.1 Å². The molecule has 0 atom stereocenters. The van der Waals surface area contributed by atoms with Gasteiger partial charge in [-0.1, -0.05) is 91.0 Å². The molecule has 6 heteroatoms. The summed E-state index contributed by atoms with van der Waals surface area (Å²) in [5.41, 5.74) is 3.99. The maximum absolute atomic E-state index is 13.5. The van der Waals surface area contributed by atoms with E-state index in [-0.39, 0.29) is 10.6 Å². The van der Waals surface area contributed by atoms with Gasteiger partial charge in [-0.2, -0.15) is 0 Å². The number of sulfone groups is 1. The van der Waals surface area contributed by atoms with Crippen molar-refractivity contribution < 1.29 is 12.8 Å². The Kier molecular flexibility index (Phi) is 6.66. The van der Waals surface area contributed by atoms with Gasteiger partial charge in [-0.05, 0) is 35.9 Å². The second-order valence-corrected chi connectivity index (χ2v) is 10.5. The van der Waals surface area contributed by atoms with E-state index < -0.39 is 15.5 Å². The molecule has 0 aliphatic rings. The predicted octanol–water partition coefficient (Wildman–Crippen LogP) is 6.55. The van der Waals surface area contributed by atoms with Crippen molar-refractivity contribution in [2.45, 2.75) is 4.90 Å². The van der Waals surface area contributed by atoms with Crippen LogP contribution in [0, 0.1) is 0 Å². The molecule has 0 saturated carbocycles. The van der Waals surface area contributed by atoms with Crippen molar-refractivity contribution in [2.24, 2.45) is 4.99 Å². The van der Waals surface area contributed by atoms with Gasteiger partial charge in [0.15, 0.2) is 15.5 Å². The van der Waals surface area contributed by atoms with Gasteiger partial charge in [0.05, 0.1) is 10.6 Å². The minimum absolute atomic E-state index is 0.186. The molecule has 0 bridgehead atoms. The predicted molar refractivity (Wildman–Crippen MR) is 147 cm³/mol. The molecule has 0 aliphatic heterocycles. The molecule has 1 heterocycles. The fourth-order valence-electron chi connectivity index (χ4n) is 4.04. The number of benzene rings is 4. The molecular formula is C31H23NO4S. The maximum Gasteiger partial charge on any atom is 0.363 e. The molecule has 0 N–H and O–H groups in total. The summed E-state index contributed by atoms with van der Waals surface area (Å²) in [4.78, 5) is 18.5. The summed E-state index contributed by atoms with van der Waals surface area (Å²) in [6.45, 7) is 0. The monoisotopic (exact) mass is 505 g/mol. The van der Waals surface area contributed by atoms with E-state index in [4.69, 9.17) is 9.41 Å². The lowest BCUT2D eigenvalue weighted by Gasteiger charge is -2.11. The Bertz CT molecular complexity index is 1680. The average Bonchev–Trinajstić information content (AvgIpc) is 2.93. The van der Waals surface area contributed by atoms with Crippen molar-refractivity contribution in [1.82, 2.24) is 0 Å². The van der Waals surface area contributed by atoms with Crippen molar-refractivity contribution >= 4 is 21.2 Å². The van der Waals surface area contributed by atoms with Gasteiger partial charge in [0.25, 0.3) is 0 Å². The fourth-order valence-corrected chi connectivity index (χ4v) is 4.67. The van der Waals surface area contributed by atoms with Crippen molar-refractivity contribution in [1.29, 1.82) is 0 Å². The van der Waals surface area contributed by atoms with E-state index in [1.54, 1.807) is 18.2 Å². The van der Waals surface area contributed by atoms with Crippen LogP contribution < -0.4 is 5.63 Å². The SMILES string of the molecule is CS(=O)(=O)c1ccc(-c2cc(-c3ccccc3)c(N=C(c3ccccc3)c3ccccc3)c(=O)o2)cc1. The van der Waals surface area contributed by atoms with Gasteiger partial charge in [0.1, 0.15) is 5.76 Å². The molecule has 37 heavy (non-hydrogen) atoms. The molecule has 0 saturated heterocycles. The van der Waals surface area contributed by atoms with Crippen molar-refractivity contribution in [3.8, 4) is 22.5 Å². The number of rotatable bonds is 6. The number of nitrogens with zero attached hydrogens (tertiary/aromatic N) is 1. The highest BCUT2D eigenvalue weighted by molar-refractivity contribution is 7.90. The molecule has 5 nitrogen and oxygen atoms in total. The first kappa shape index (κ1) is 24.2. The topological polar surface area (TPSA) is 76.7 Å². The largest absolute Gasteiger partial charge is 0.421 e. The Morgan fingerprint density at radius 3 is 1.70 bits per heavy atom. The molecule has 0 fully saturated rings. The number of hydrogen-bond acceptors (Lipinski definition) is 5. The first-order valence-corrected chi connectivity index (χ1v) is 13.5. The lowest BCUT2D eigenvalue weighted by atomic mass is 10.0. The van der Waals surface area contributed by atoms with Crippen LogP contribution in [0.4, 0.5) is 5.69 Å². The molecule has 5 aromatic rings. The van der Waals surface area contributed by atoms with E-state index in [1.807, 2.05) is 91.0 Å². The summed E-state index contributed by atoms with van der Waals surface area (Å²) in [6, 6.07) is 36.9. The minimum Gasteiger partial charge on any atom is -0.421 e. The second kappa shape index (κ2) is 10.2. The van der Waals surface area contributed by atoms with Gasteiger partial charge in [-0.25, -0.2) is 18.2 Å². The quantitative estimate of drug-likeness (QED) is 0.245. The lowest BCUT2D eigenvalue weighted by Crippen LogP contribution is -2.07. The molecule has 4 aromatic carbocycles. The third kappa shape index (κ3) is 5.34. The molecule has 0 unspecified atom stereocenters. The van der Waals surface area contributed by atoms with Gasteiger partial charge >= 0.3 is 5.63 Å². The van der Waals surface area contributed by atoms with E-state index in [0.717, 1.165) is 22.9 Å².